The van der Waals surface area contributed by atoms with Gasteiger partial charge in [-0.15, -0.1) is 0 Å². The lowest BCUT2D eigenvalue weighted by Gasteiger charge is -2.27. The number of nitrogens with zero attached hydrogens (tertiary/aromatic N) is 2. The number of carbonyl (C=O) groups excluding carboxylic acids is 2. The average Bonchev–Trinajstić information content (AvgIpc) is 3.24. The van der Waals surface area contributed by atoms with Crippen LogP contribution in [0.1, 0.15) is 50.0 Å². The Balaban J connectivity index is 1.42. The number of hydrogen-bond donors (Lipinski definition) is 3. The molecule has 2 amide bonds. The monoisotopic (exact) mass is 492 g/mol. The van der Waals surface area contributed by atoms with Gasteiger partial charge in [0, 0.05) is 0 Å². The summed E-state index contributed by atoms with van der Waals surface area (Å²) in [5.41, 5.74) is 2.46. The number of rotatable bonds is 7. The van der Waals surface area contributed by atoms with Crippen LogP contribution in [0.25, 0.3) is 11.5 Å². The van der Waals surface area contributed by atoms with Gasteiger partial charge >= 0.3 is 12.1 Å². The van der Waals surface area contributed by atoms with E-state index in [0.29, 0.717) is 35.6 Å². The highest BCUT2D eigenvalue weighted by atomic mass is 16.6. The highest BCUT2D eigenvalue weighted by molar-refractivity contribution is 5.95. The number of carboxylic acid groups (broad SMARTS) is 1. The van der Waals surface area contributed by atoms with E-state index < -0.39 is 30.0 Å². The molecule has 1 unspecified atom stereocenters. The Kier molecular flexibility index (Phi) is 7.62. The Labute approximate surface area is 208 Å². The number of benzene rings is 1. The summed E-state index contributed by atoms with van der Waals surface area (Å²) in [5.74, 6) is -2.28. The minimum absolute atomic E-state index is 0.243. The Bertz CT molecular complexity index is 1220. The van der Waals surface area contributed by atoms with E-state index in [1.165, 1.54) is 6.20 Å². The van der Waals surface area contributed by atoms with Gasteiger partial charge in [-0.1, -0.05) is 48.3 Å². The van der Waals surface area contributed by atoms with Crippen LogP contribution < -0.4 is 10.6 Å². The van der Waals surface area contributed by atoms with Crippen LogP contribution in [-0.4, -0.2) is 33.2 Å². The SMILES string of the molecule is Cc1noc(-c2ccc(NC(=O)[C@H]3CCCC[C@@H]3C(=O)O)cn2)c1NC(=O)OC(C)c1ccccc1. The molecule has 1 aromatic carbocycles. The Morgan fingerprint density at radius 2 is 1.78 bits per heavy atom. The Morgan fingerprint density at radius 1 is 1.06 bits per heavy atom. The number of anilines is 2. The number of amides is 2. The largest absolute Gasteiger partial charge is 0.481 e. The van der Waals surface area contributed by atoms with Crippen molar-refractivity contribution in [1.82, 2.24) is 10.1 Å². The van der Waals surface area contributed by atoms with Crippen molar-refractivity contribution in [3.8, 4) is 11.5 Å². The van der Waals surface area contributed by atoms with E-state index in [1.807, 2.05) is 30.3 Å². The molecule has 4 rings (SSSR count). The maximum absolute atomic E-state index is 12.7. The molecule has 1 fully saturated rings. The van der Waals surface area contributed by atoms with E-state index in [2.05, 4.69) is 20.8 Å². The summed E-state index contributed by atoms with van der Waals surface area (Å²) in [6, 6.07) is 12.6. The molecule has 0 spiro atoms. The summed E-state index contributed by atoms with van der Waals surface area (Å²) in [6.45, 7) is 3.46. The topological polar surface area (TPSA) is 144 Å². The van der Waals surface area contributed by atoms with Crippen LogP contribution in [0.3, 0.4) is 0 Å². The number of carboxylic acids is 1. The van der Waals surface area contributed by atoms with E-state index in [9.17, 15) is 19.5 Å². The molecule has 3 aromatic rings. The van der Waals surface area contributed by atoms with Crippen LogP contribution in [-0.2, 0) is 14.3 Å². The second kappa shape index (κ2) is 11.0. The lowest BCUT2D eigenvalue weighted by molar-refractivity contribution is -0.147. The number of ether oxygens (including phenoxy) is 1. The van der Waals surface area contributed by atoms with Crippen LogP contribution in [0.2, 0.25) is 0 Å². The number of aromatic nitrogens is 2. The first-order valence-corrected chi connectivity index (χ1v) is 11.8. The van der Waals surface area contributed by atoms with E-state index in [-0.39, 0.29) is 11.7 Å². The molecule has 0 aliphatic heterocycles. The van der Waals surface area contributed by atoms with E-state index in [4.69, 9.17) is 9.26 Å². The molecule has 0 saturated heterocycles. The minimum atomic E-state index is -0.944. The first-order valence-electron chi connectivity index (χ1n) is 11.8. The molecule has 1 saturated carbocycles. The Morgan fingerprint density at radius 3 is 2.44 bits per heavy atom. The quantitative estimate of drug-likeness (QED) is 0.409. The molecule has 2 heterocycles. The normalized spacial score (nSPS) is 18.2. The van der Waals surface area contributed by atoms with E-state index >= 15 is 0 Å². The summed E-state index contributed by atoms with van der Waals surface area (Å²) >= 11 is 0. The molecule has 0 radical (unpaired) electrons. The molecule has 3 atom stereocenters. The van der Waals surface area contributed by atoms with Gasteiger partial charge < -0.3 is 19.7 Å². The summed E-state index contributed by atoms with van der Waals surface area (Å²) in [5, 5.41) is 18.8. The van der Waals surface area contributed by atoms with Crippen molar-refractivity contribution in [2.75, 3.05) is 10.6 Å². The number of aliphatic carboxylic acids is 1. The number of hydrogen-bond acceptors (Lipinski definition) is 7. The third kappa shape index (κ3) is 5.70. The van der Waals surface area contributed by atoms with Crippen molar-refractivity contribution in [2.45, 2.75) is 45.6 Å². The van der Waals surface area contributed by atoms with Crippen LogP contribution in [0, 0.1) is 18.8 Å². The smallest absolute Gasteiger partial charge is 0.412 e. The lowest BCUT2D eigenvalue weighted by Crippen LogP contribution is -2.36. The van der Waals surface area contributed by atoms with Gasteiger partial charge in [0.15, 0.2) is 0 Å². The molecule has 1 aliphatic carbocycles. The standard InChI is InChI=1S/C26H28N4O6/c1-15-22(29-26(34)35-16(2)17-8-4-3-5-9-17)23(36-30-15)21-13-12-18(14-27-21)28-24(31)19-10-6-7-11-20(19)25(32)33/h3-5,8-9,12-14,16,19-20H,6-7,10-11H2,1-2H3,(H,28,31)(H,29,34)(H,32,33)/t16?,19-,20-/m0/s1. The molecule has 3 N–H and O–H groups in total. The third-order valence-corrected chi connectivity index (χ3v) is 6.33. The van der Waals surface area contributed by atoms with Gasteiger partial charge in [0.2, 0.25) is 11.7 Å². The van der Waals surface area contributed by atoms with Gasteiger partial charge in [-0.05, 0) is 44.4 Å². The van der Waals surface area contributed by atoms with Gasteiger partial charge in [-0.25, -0.2) is 4.79 Å². The van der Waals surface area contributed by atoms with Gasteiger partial charge in [-0.3, -0.25) is 19.9 Å². The van der Waals surface area contributed by atoms with Gasteiger partial charge in [0.1, 0.15) is 23.2 Å². The molecule has 1 aliphatic rings. The zero-order valence-corrected chi connectivity index (χ0v) is 20.1. The molecule has 10 heteroatoms. The van der Waals surface area contributed by atoms with Gasteiger partial charge in [0.25, 0.3) is 0 Å². The Hall–Kier alpha value is -4.21. The molecule has 0 bridgehead atoms. The molecular weight excluding hydrogens is 464 g/mol. The maximum atomic E-state index is 12.7. The number of pyridine rings is 1. The minimum Gasteiger partial charge on any atom is -0.481 e. The van der Waals surface area contributed by atoms with Gasteiger partial charge in [0.05, 0.1) is 23.7 Å². The summed E-state index contributed by atoms with van der Waals surface area (Å²) < 4.78 is 10.9. The fraction of sp³-hybridized carbons (Fsp3) is 0.346. The van der Waals surface area contributed by atoms with E-state index in [1.54, 1.807) is 26.0 Å². The maximum Gasteiger partial charge on any atom is 0.412 e. The fourth-order valence-corrected chi connectivity index (χ4v) is 4.35. The van der Waals surface area contributed by atoms with Crippen LogP contribution >= 0.6 is 0 Å². The summed E-state index contributed by atoms with van der Waals surface area (Å²) in [4.78, 5) is 41.1. The summed E-state index contributed by atoms with van der Waals surface area (Å²) in [7, 11) is 0. The molecule has 2 aromatic heterocycles. The second-order valence-electron chi connectivity index (χ2n) is 8.81. The van der Waals surface area contributed by atoms with Gasteiger partial charge in [-0.2, -0.15) is 0 Å². The summed E-state index contributed by atoms with van der Waals surface area (Å²) in [6.07, 6.45) is 3.00. The number of nitrogens with one attached hydrogen (secondary N) is 2. The lowest BCUT2D eigenvalue weighted by atomic mass is 9.78. The van der Waals surface area contributed by atoms with E-state index in [0.717, 1.165) is 18.4 Å². The molecule has 188 valence electrons. The molecular formula is C26H28N4O6. The first-order chi connectivity index (χ1) is 17.3. The van der Waals surface area contributed by atoms with Crippen LogP contribution in [0.15, 0.2) is 53.2 Å². The van der Waals surface area contributed by atoms with Crippen LogP contribution in [0.5, 0.6) is 0 Å². The number of aryl methyl sites for hydroxylation is 1. The van der Waals surface area contributed by atoms with Crippen LogP contribution in [0.4, 0.5) is 16.2 Å². The third-order valence-electron chi connectivity index (χ3n) is 6.33. The predicted octanol–water partition coefficient (Wildman–Crippen LogP) is 5.18. The predicted molar refractivity (Wildman–Crippen MR) is 131 cm³/mol. The van der Waals surface area contributed by atoms with Crippen molar-refractivity contribution in [1.29, 1.82) is 0 Å². The highest BCUT2D eigenvalue weighted by Crippen LogP contribution is 2.33. The fourth-order valence-electron chi connectivity index (χ4n) is 4.35. The first kappa shape index (κ1) is 24.9. The molecule has 10 nitrogen and oxygen atoms in total. The zero-order valence-electron chi connectivity index (χ0n) is 20.1. The highest BCUT2D eigenvalue weighted by Gasteiger charge is 2.35. The van der Waals surface area contributed by atoms with Crippen molar-refractivity contribution < 1.29 is 28.8 Å². The van der Waals surface area contributed by atoms with Crippen molar-refractivity contribution in [2.24, 2.45) is 11.8 Å². The zero-order chi connectivity index (χ0) is 25.7. The second-order valence-corrected chi connectivity index (χ2v) is 8.81. The van der Waals surface area contributed by atoms with Crippen molar-refractivity contribution in [3.63, 3.8) is 0 Å². The van der Waals surface area contributed by atoms with Crippen molar-refractivity contribution in [3.05, 3.63) is 59.9 Å². The number of carbonyl (C=O) groups is 3. The average molecular weight is 493 g/mol. The molecule has 36 heavy (non-hydrogen) atoms. The van der Waals surface area contributed by atoms with Crippen molar-refractivity contribution >= 4 is 29.3 Å².